The van der Waals surface area contributed by atoms with Gasteiger partial charge in [0, 0.05) is 18.7 Å². The molecule has 0 aromatic heterocycles. The molecule has 1 aromatic rings. The number of nitrogens with one attached hydrogen (secondary N) is 1. The van der Waals surface area contributed by atoms with Gasteiger partial charge in [0.05, 0.1) is 4.92 Å². The number of non-ortho nitro benzene ring substituents is 1. The number of nitro groups is 1. The molecule has 1 fully saturated rings. The van der Waals surface area contributed by atoms with Crippen LogP contribution in [0.15, 0.2) is 24.3 Å². The maximum Gasteiger partial charge on any atom is 0.471 e. The molecule has 0 spiro atoms. The molecular weight excluding hydrogens is 289 g/mol. The lowest BCUT2D eigenvalue weighted by Crippen LogP contribution is -2.38. The van der Waals surface area contributed by atoms with Gasteiger partial charge in [-0.2, -0.15) is 13.2 Å². The predicted octanol–water partition coefficient (Wildman–Crippen LogP) is 2.70. The Bertz CT molecular complexity index is 551. The van der Waals surface area contributed by atoms with E-state index in [1.165, 1.54) is 12.1 Å². The number of alkyl halides is 3. The molecule has 1 saturated carbocycles. The van der Waals surface area contributed by atoms with Crippen LogP contribution in [-0.4, -0.2) is 23.6 Å². The van der Waals surface area contributed by atoms with Crippen molar-refractivity contribution in [3.63, 3.8) is 0 Å². The molecule has 0 bridgehead atoms. The monoisotopic (exact) mass is 302 g/mol. The Morgan fingerprint density at radius 2 is 1.86 bits per heavy atom. The lowest BCUT2D eigenvalue weighted by Gasteiger charge is -2.16. The first kappa shape index (κ1) is 15.3. The Kier molecular flexibility index (Phi) is 3.89. The van der Waals surface area contributed by atoms with Crippen molar-refractivity contribution in [1.82, 2.24) is 5.32 Å². The number of halogens is 3. The molecule has 114 valence electrons. The quantitative estimate of drug-likeness (QED) is 0.671. The zero-order valence-electron chi connectivity index (χ0n) is 10.9. The van der Waals surface area contributed by atoms with E-state index in [1.807, 2.05) is 5.32 Å². The van der Waals surface area contributed by atoms with Crippen LogP contribution < -0.4 is 5.32 Å². The first-order valence-corrected chi connectivity index (χ1v) is 6.35. The summed E-state index contributed by atoms with van der Waals surface area (Å²) in [5.74, 6) is -1.94. The Hall–Kier alpha value is -2.12. The fraction of sp³-hybridized carbons (Fsp3) is 0.462. The van der Waals surface area contributed by atoms with Gasteiger partial charge in [0.25, 0.3) is 5.69 Å². The van der Waals surface area contributed by atoms with Crippen molar-refractivity contribution in [2.75, 3.05) is 6.54 Å². The standard InChI is InChI=1S/C13H13F3N2O3/c14-13(15,16)11(19)17-8-7-12(5-6-12)9-1-3-10(4-2-9)18(20)21/h1-4H,5-8H2,(H,17,19). The second kappa shape index (κ2) is 5.34. The molecule has 0 unspecified atom stereocenters. The van der Waals surface area contributed by atoms with E-state index >= 15 is 0 Å². The topological polar surface area (TPSA) is 72.2 Å². The first-order chi connectivity index (χ1) is 9.74. The highest BCUT2D eigenvalue weighted by atomic mass is 19.4. The SMILES string of the molecule is O=C(NCCC1(c2ccc([N+](=O)[O-])cc2)CC1)C(F)(F)F. The molecule has 0 saturated heterocycles. The molecule has 1 aromatic carbocycles. The van der Waals surface area contributed by atoms with E-state index in [4.69, 9.17) is 0 Å². The number of nitro benzene ring substituents is 1. The molecule has 5 nitrogen and oxygen atoms in total. The smallest absolute Gasteiger partial charge is 0.348 e. The first-order valence-electron chi connectivity index (χ1n) is 6.35. The minimum atomic E-state index is -4.87. The average molecular weight is 302 g/mol. The van der Waals surface area contributed by atoms with E-state index < -0.39 is 17.0 Å². The number of benzene rings is 1. The molecular formula is C13H13F3N2O3. The fourth-order valence-electron chi connectivity index (χ4n) is 2.29. The summed E-state index contributed by atoms with van der Waals surface area (Å²) in [5, 5.41) is 12.4. The maximum absolute atomic E-state index is 12.1. The van der Waals surface area contributed by atoms with Crippen molar-refractivity contribution < 1.29 is 22.9 Å². The Balaban J connectivity index is 1.94. The van der Waals surface area contributed by atoms with Gasteiger partial charge >= 0.3 is 12.1 Å². The van der Waals surface area contributed by atoms with Crippen LogP contribution in [0.3, 0.4) is 0 Å². The average Bonchev–Trinajstić information content (AvgIpc) is 3.19. The van der Waals surface area contributed by atoms with Crippen LogP contribution in [-0.2, 0) is 10.2 Å². The molecule has 1 aliphatic carbocycles. The maximum atomic E-state index is 12.1. The van der Waals surface area contributed by atoms with E-state index in [-0.39, 0.29) is 17.6 Å². The molecule has 0 aliphatic heterocycles. The molecule has 0 radical (unpaired) electrons. The number of amides is 1. The number of hydrogen-bond acceptors (Lipinski definition) is 3. The molecule has 2 rings (SSSR count). The molecule has 21 heavy (non-hydrogen) atoms. The predicted molar refractivity (Wildman–Crippen MR) is 67.7 cm³/mol. The third-order valence-electron chi connectivity index (χ3n) is 3.69. The Morgan fingerprint density at radius 3 is 2.29 bits per heavy atom. The van der Waals surface area contributed by atoms with E-state index in [9.17, 15) is 28.1 Å². The molecule has 1 aliphatic rings. The van der Waals surface area contributed by atoms with Gasteiger partial charge in [-0.3, -0.25) is 14.9 Å². The van der Waals surface area contributed by atoms with E-state index in [1.54, 1.807) is 12.1 Å². The highest BCUT2D eigenvalue weighted by Crippen LogP contribution is 2.51. The minimum Gasteiger partial charge on any atom is -0.348 e. The Morgan fingerprint density at radius 1 is 1.29 bits per heavy atom. The van der Waals surface area contributed by atoms with Crippen LogP contribution in [0.5, 0.6) is 0 Å². The lowest BCUT2D eigenvalue weighted by atomic mass is 9.92. The van der Waals surface area contributed by atoms with Crippen LogP contribution in [0.4, 0.5) is 18.9 Å². The summed E-state index contributed by atoms with van der Waals surface area (Å²) in [4.78, 5) is 20.8. The highest BCUT2D eigenvalue weighted by molar-refractivity contribution is 5.81. The van der Waals surface area contributed by atoms with Gasteiger partial charge in [-0.1, -0.05) is 12.1 Å². The second-order valence-electron chi connectivity index (χ2n) is 5.09. The van der Waals surface area contributed by atoms with Crippen molar-refractivity contribution in [2.45, 2.75) is 30.9 Å². The summed E-state index contributed by atoms with van der Waals surface area (Å²) in [6, 6.07) is 6.00. The third-order valence-corrected chi connectivity index (χ3v) is 3.69. The molecule has 0 atom stereocenters. The fourth-order valence-corrected chi connectivity index (χ4v) is 2.29. The third kappa shape index (κ3) is 3.50. The van der Waals surface area contributed by atoms with Gasteiger partial charge in [-0.25, -0.2) is 0 Å². The number of hydrogen-bond donors (Lipinski definition) is 1. The second-order valence-corrected chi connectivity index (χ2v) is 5.09. The van der Waals surface area contributed by atoms with Crippen molar-refractivity contribution in [3.8, 4) is 0 Å². The summed E-state index contributed by atoms with van der Waals surface area (Å²) in [6.45, 7) is -0.0741. The van der Waals surface area contributed by atoms with Crippen LogP contribution in [0, 0.1) is 10.1 Å². The van der Waals surface area contributed by atoms with Gasteiger partial charge in [0.1, 0.15) is 0 Å². The van der Waals surface area contributed by atoms with E-state index in [0.29, 0.717) is 6.42 Å². The number of nitrogens with zero attached hydrogens (tertiary/aromatic N) is 1. The lowest BCUT2D eigenvalue weighted by molar-refractivity contribution is -0.384. The van der Waals surface area contributed by atoms with Crippen molar-refractivity contribution in [2.24, 2.45) is 0 Å². The summed E-state index contributed by atoms with van der Waals surface area (Å²) in [6.07, 6.45) is -2.89. The van der Waals surface area contributed by atoms with Crippen LogP contribution in [0.25, 0.3) is 0 Å². The summed E-state index contributed by atoms with van der Waals surface area (Å²) in [7, 11) is 0. The molecule has 8 heteroatoms. The summed E-state index contributed by atoms with van der Waals surface area (Å²) in [5.41, 5.74) is 0.558. The van der Waals surface area contributed by atoms with Crippen LogP contribution in [0.1, 0.15) is 24.8 Å². The largest absolute Gasteiger partial charge is 0.471 e. The summed E-state index contributed by atoms with van der Waals surface area (Å²) >= 11 is 0. The molecule has 1 amide bonds. The van der Waals surface area contributed by atoms with Crippen molar-refractivity contribution in [3.05, 3.63) is 39.9 Å². The zero-order valence-corrected chi connectivity index (χ0v) is 10.9. The van der Waals surface area contributed by atoms with Crippen molar-refractivity contribution in [1.29, 1.82) is 0 Å². The van der Waals surface area contributed by atoms with Crippen molar-refractivity contribution >= 4 is 11.6 Å². The summed E-state index contributed by atoms with van der Waals surface area (Å²) < 4.78 is 36.2. The number of rotatable bonds is 5. The normalized spacial score (nSPS) is 16.3. The van der Waals surface area contributed by atoms with Gasteiger partial charge in [0.2, 0.25) is 0 Å². The van der Waals surface area contributed by atoms with Gasteiger partial charge in [-0.15, -0.1) is 0 Å². The minimum absolute atomic E-state index is 0.0278. The van der Waals surface area contributed by atoms with Gasteiger partial charge in [0.15, 0.2) is 0 Å². The Labute approximate surface area is 118 Å². The van der Waals surface area contributed by atoms with Gasteiger partial charge in [-0.05, 0) is 30.2 Å². The molecule has 0 heterocycles. The van der Waals surface area contributed by atoms with Crippen LogP contribution in [0.2, 0.25) is 0 Å². The van der Waals surface area contributed by atoms with Crippen LogP contribution >= 0.6 is 0 Å². The number of carbonyl (C=O) groups excluding carboxylic acids is 1. The van der Waals surface area contributed by atoms with Gasteiger partial charge < -0.3 is 5.32 Å². The highest BCUT2D eigenvalue weighted by Gasteiger charge is 2.44. The number of carbonyl (C=O) groups is 1. The molecule has 1 N–H and O–H groups in total. The zero-order chi connectivity index (χ0) is 15.7. The van der Waals surface area contributed by atoms with E-state index in [2.05, 4.69) is 0 Å². The van der Waals surface area contributed by atoms with E-state index in [0.717, 1.165) is 18.4 Å².